The van der Waals surface area contributed by atoms with Crippen molar-refractivity contribution >= 4 is 35.1 Å². The number of amides is 1. The molecule has 8 heteroatoms. The molecule has 0 spiro atoms. The number of carbonyl (C=O) groups is 2. The molecule has 24 heavy (non-hydrogen) atoms. The average molecular weight is 349 g/mol. The van der Waals surface area contributed by atoms with E-state index in [1.54, 1.807) is 43.7 Å². The van der Waals surface area contributed by atoms with Gasteiger partial charge in [0.15, 0.2) is 6.61 Å². The lowest BCUT2D eigenvalue weighted by Gasteiger charge is -2.15. The number of aromatic nitrogens is 2. The molecule has 2 rings (SSSR count). The van der Waals surface area contributed by atoms with Gasteiger partial charge in [-0.2, -0.15) is 0 Å². The van der Waals surface area contributed by atoms with Gasteiger partial charge in [-0.3, -0.25) is 9.59 Å². The number of benzene rings is 1. The number of nitrogens with one attached hydrogen (secondary N) is 1. The molecule has 0 unspecified atom stereocenters. The van der Waals surface area contributed by atoms with Crippen LogP contribution in [0.4, 0.5) is 11.6 Å². The van der Waals surface area contributed by atoms with E-state index in [0.29, 0.717) is 16.7 Å². The second-order valence-electron chi connectivity index (χ2n) is 5.08. The number of likely N-dealkylation sites (N-methyl/N-ethyl adjacent to an activating group) is 1. The minimum atomic E-state index is -0.554. The molecular weight excluding hydrogens is 332 g/mol. The number of carbonyl (C=O) groups excluding carboxylic acids is 2. The highest BCUT2D eigenvalue weighted by Crippen LogP contribution is 2.19. The summed E-state index contributed by atoms with van der Waals surface area (Å²) in [6.45, 7) is 1.42. The van der Waals surface area contributed by atoms with Crippen LogP contribution in [0.25, 0.3) is 0 Å². The summed E-state index contributed by atoms with van der Waals surface area (Å²) >= 11 is 5.99. The maximum Gasteiger partial charge on any atom is 0.326 e. The third kappa shape index (κ3) is 5.20. The van der Waals surface area contributed by atoms with E-state index in [0.717, 1.165) is 5.56 Å². The van der Waals surface area contributed by atoms with Crippen LogP contribution in [0.5, 0.6) is 0 Å². The van der Waals surface area contributed by atoms with Crippen molar-refractivity contribution in [2.75, 3.05) is 30.4 Å². The number of rotatable bonds is 6. The predicted octanol–water partition coefficient (Wildman–Crippen LogP) is 2.06. The van der Waals surface area contributed by atoms with Crippen molar-refractivity contribution in [2.24, 2.45) is 0 Å². The molecule has 1 aromatic carbocycles. The number of anilines is 2. The zero-order valence-electron chi connectivity index (χ0n) is 13.3. The van der Waals surface area contributed by atoms with Gasteiger partial charge in [0.25, 0.3) is 5.91 Å². The quantitative estimate of drug-likeness (QED) is 0.804. The summed E-state index contributed by atoms with van der Waals surface area (Å²) in [4.78, 5) is 33.1. The maximum absolute atomic E-state index is 11.8. The topological polar surface area (TPSA) is 84.4 Å². The number of hydrogen-bond donors (Lipinski definition) is 1. The number of nitrogens with zero attached hydrogens (tertiary/aromatic N) is 3. The zero-order valence-corrected chi connectivity index (χ0v) is 14.1. The van der Waals surface area contributed by atoms with E-state index in [9.17, 15) is 9.59 Å². The van der Waals surface area contributed by atoms with Crippen molar-refractivity contribution in [3.05, 3.63) is 47.2 Å². The van der Waals surface area contributed by atoms with Gasteiger partial charge in [-0.15, -0.1) is 0 Å². The Bertz CT molecular complexity index is 725. The van der Waals surface area contributed by atoms with Crippen LogP contribution in [-0.4, -0.2) is 42.0 Å². The fourth-order valence-corrected chi connectivity index (χ4v) is 1.99. The zero-order chi connectivity index (χ0) is 17.5. The first-order chi connectivity index (χ1) is 11.5. The van der Waals surface area contributed by atoms with Crippen molar-refractivity contribution in [1.82, 2.24) is 9.97 Å². The van der Waals surface area contributed by atoms with E-state index in [4.69, 9.17) is 16.3 Å². The first-order valence-corrected chi connectivity index (χ1v) is 7.53. The minimum absolute atomic E-state index is 0.0619. The molecule has 0 bridgehead atoms. The van der Waals surface area contributed by atoms with Crippen LogP contribution in [-0.2, 0) is 14.3 Å². The number of hydrogen-bond acceptors (Lipinski definition) is 6. The molecule has 1 amide bonds. The molecule has 1 aromatic heterocycles. The monoisotopic (exact) mass is 348 g/mol. The standard InChI is InChI=1S/C16H17ClN4O3/c1-11-4-5-12(8-13(11)17)20-14(22)10-24-15(23)9-21(2)16-18-6-3-7-19-16/h3-8H,9-10H2,1-2H3,(H,20,22). The molecule has 0 aliphatic carbocycles. The summed E-state index contributed by atoms with van der Waals surface area (Å²) in [5.41, 5.74) is 1.45. The van der Waals surface area contributed by atoms with Crippen LogP contribution in [0.1, 0.15) is 5.56 Å². The van der Waals surface area contributed by atoms with Crippen LogP contribution in [0, 0.1) is 6.92 Å². The van der Waals surface area contributed by atoms with Crippen molar-refractivity contribution < 1.29 is 14.3 Å². The van der Waals surface area contributed by atoms with Gasteiger partial charge in [0.05, 0.1) is 0 Å². The Labute approximate surface area is 144 Å². The lowest BCUT2D eigenvalue weighted by molar-refractivity contribution is -0.145. The molecule has 0 aliphatic rings. The maximum atomic E-state index is 11.8. The Morgan fingerprint density at radius 1 is 1.29 bits per heavy atom. The summed E-state index contributed by atoms with van der Waals surface area (Å²) in [5, 5.41) is 3.16. The van der Waals surface area contributed by atoms with Gasteiger partial charge in [0.1, 0.15) is 6.54 Å². The summed E-state index contributed by atoms with van der Waals surface area (Å²) in [5.74, 6) is -0.600. The molecule has 126 valence electrons. The SMILES string of the molecule is Cc1ccc(NC(=O)COC(=O)CN(C)c2ncccn2)cc1Cl. The van der Waals surface area contributed by atoms with E-state index in [2.05, 4.69) is 15.3 Å². The average Bonchev–Trinajstić information content (AvgIpc) is 2.57. The Morgan fingerprint density at radius 2 is 2.00 bits per heavy atom. The smallest absolute Gasteiger partial charge is 0.326 e. The Kier molecular flexibility index (Phi) is 6.08. The Hall–Kier alpha value is -2.67. The first-order valence-electron chi connectivity index (χ1n) is 7.15. The second kappa shape index (κ2) is 8.26. The van der Waals surface area contributed by atoms with Crippen molar-refractivity contribution in [1.29, 1.82) is 0 Å². The van der Waals surface area contributed by atoms with Crippen molar-refractivity contribution in [3.63, 3.8) is 0 Å². The third-order valence-corrected chi connectivity index (χ3v) is 3.49. The van der Waals surface area contributed by atoms with Crippen LogP contribution in [0.15, 0.2) is 36.7 Å². The molecule has 0 fully saturated rings. The Balaban J connectivity index is 1.78. The largest absolute Gasteiger partial charge is 0.454 e. The summed E-state index contributed by atoms with van der Waals surface area (Å²) < 4.78 is 4.94. The lowest BCUT2D eigenvalue weighted by atomic mass is 10.2. The highest BCUT2D eigenvalue weighted by Gasteiger charge is 2.12. The summed E-state index contributed by atoms with van der Waals surface area (Å²) in [7, 11) is 1.66. The first kappa shape index (κ1) is 17.7. The van der Waals surface area contributed by atoms with Crippen LogP contribution < -0.4 is 10.2 Å². The van der Waals surface area contributed by atoms with E-state index in [1.807, 2.05) is 6.92 Å². The van der Waals surface area contributed by atoms with E-state index >= 15 is 0 Å². The van der Waals surface area contributed by atoms with Gasteiger partial charge in [-0.1, -0.05) is 17.7 Å². The summed E-state index contributed by atoms with van der Waals surface area (Å²) in [6.07, 6.45) is 3.15. The van der Waals surface area contributed by atoms with Gasteiger partial charge in [0.2, 0.25) is 5.95 Å². The van der Waals surface area contributed by atoms with Crippen LogP contribution in [0.3, 0.4) is 0 Å². The highest BCUT2D eigenvalue weighted by molar-refractivity contribution is 6.31. The van der Waals surface area contributed by atoms with Crippen LogP contribution in [0.2, 0.25) is 5.02 Å². The van der Waals surface area contributed by atoms with Crippen molar-refractivity contribution in [2.45, 2.75) is 6.92 Å². The van der Waals surface area contributed by atoms with Gasteiger partial charge in [0, 0.05) is 30.2 Å². The molecule has 1 N–H and O–H groups in total. The lowest BCUT2D eigenvalue weighted by Crippen LogP contribution is -2.30. The molecule has 0 saturated carbocycles. The number of ether oxygens (including phenoxy) is 1. The molecule has 0 saturated heterocycles. The predicted molar refractivity (Wildman–Crippen MR) is 91.1 cm³/mol. The summed E-state index contributed by atoms with van der Waals surface area (Å²) in [6, 6.07) is 6.83. The number of halogens is 1. The Morgan fingerprint density at radius 3 is 2.67 bits per heavy atom. The van der Waals surface area contributed by atoms with Gasteiger partial charge < -0.3 is 15.0 Å². The van der Waals surface area contributed by atoms with Crippen molar-refractivity contribution in [3.8, 4) is 0 Å². The van der Waals surface area contributed by atoms with Crippen LogP contribution >= 0.6 is 11.6 Å². The van der Waals surface area contributed by atoms with E-state index < -0.39 is 11.9 Å². The van der Waals surface area contributed by atoms with Gasteiger partial charge >= 0.3 is 5.97 Å². The molecule has 0 atom stereocenters. The molecule has 0 aliphatic heterocycles. The van der Waals surface area contributed by atoms with E-state index in [1.165, 1.54) is 4.90 Å². The minimum Gasteiger partial charge on any atom is -0.454 e. The molecule has 7 nitrogen and oxygen atoms in total. The fraction of sp³-hybridized carbons (Fsp3) is 0.250. The van der Waals surface area contributed by atoms with Gasteiger partial charge in [-0.25, -0.2) is 9.97 Å². The second-order valence-corrected chi connectivity index (χ2v) is 5.48. The highest BCUT2D eigenvalue weighted by atomic mass is 35.5. The third-order valence-electron chi connectivity index (χ3n) is 3.08. The number of esters is 1. The normalized spacial score (nSPS) is 10.1. The fourth-order valence-electron chi connectivity index (χ4n) is 1.81. The van der Waals surface area contributed by atoms with E-state index in [-0.39, 0.29) is 13.2 Å². The molecular formula is C16H17ClN4O3. The number of aryl methyl sites for hydroxylation is 1. The molecule has 2 aromatic rings. The molecule has 0 radical (unpaired) electrons. The molecule has 1 heterocycles. The van der Waals surface area contributed by atoms with Gasteiger partial charge in [-0.05, 0) is 30.7 Å².